The van der Waals surface area contributed by atoms with E-state index < -0.39 is 11.4 Å². The van der Waals surface area contributed by atoms with Gasteiger partial charge in [-0.15, -0.1) is 0 Å². The van der Waals surface area contributed by atoms with Gasteiger partial charge in [0.25, 0.3) is 5.91 Å². The number of aromatic nitrogens is 2. The number of likely N-dealkylation sites (tertiary alicyclic amines) is 1. The maximum Gasteiger partial charge on any atom is 0.256 e. The van der Waals surface area contributed by atoms with Crippen molar-refractivity contribution in [3.63, 3.8) is 0 Å². The van der Waals surface area contributed by atoms with Crippen LogP contribution in [0.4, 0.5) is 4.39 Å². The molecule has 2 aliphatic carbocycles. The zero-order valence-corrected chi connectivity index (χ0v) is 19.6. The summed E-state index contributed by atoms with van der Waals surface area (Å²) >= 11 is 0. The van der Waals surface area contributed by atoms with Gasteiger partial charge in [-0.3, -0.25) is 24.6 Å². The lowest BCUT2D eigenvalue weighted by Gasteiger charge is -2.42. The van der Waals surface area contributed by atoms with E-state index in [0.29, 0.717) is 43.9 Å². The topological polar surface area (TPSA) is 81.7 Å². The molecule has 3 aromatic rings. The number of amidine groups is 1. The third-order valence-corrected chi connectivity index (χ3v) is 8.13. The number of carbonyl (C=O) groups excluding carboxylic acids is 2. The zero-order valence-electron chi connectivity index (χ0n) is 19.6. The predicted octanol–water partition coefficient (Wildman–Crippen LogP) is 3.75. The summed E-state index contributed by atoms with van der Waals surface area (Å²) in [5.41, 5.74) is 2.06. The number of nitrogens with zero attached hydrogens (tertiary/aromatic N) is 4. The maximum absolute atomic E-state index is 15.5. The molecule has 1 N–H and O–H groups in total. The summed E-state index contributed by atoms with van der Waals surface area (Å²) in [5, 5.41) is 7.93. The van der Waals surface area contributed by atoms with Crippen molar-refractivity contribution in [2.75, 3.05) is 19.6 Å². The average Bonchev–Trinajstić information content (AvgIpc) is 3.70. The highest BCUT2D eigenvalue weighted by atomic mass is 19.1. The Kier molecular flexibility index (Phi) is 4.15. The Labute approximate surface area is 202 Å². The van der Waals surface area contributed by atoms with Gasteiger partial charge in [0.2, 0.25) is 5.91 Å². The molecule has 3 heterocycles. The van der Waals surface area contributed by atoms with Crippen molar-refractivity contribution < 1.29 is 14.0 Å². The molecule has 0 radical (unpaired) electrons. The molecule has 0 bridgehead atoms. The summed E-state index contributed by atoms with van der Waals surface area (Å²) in [5.74, 6) is 0.426. The number of benzene rings is 2. The van der Waals surface area contributed by atoms with Crippen LogP contribution in [0.15, 0.2) is 47.6 Å². The SMILES string of the molecule is CC1(C(=O)N2CC(CN3C(=O)C4(CC4)N=C3c3ccc(-c4ccc5[nH]ncc5c4)cc3F)C2)CC1. The molecule has 0 unspecified atom stereocenters. The van der Waals surface area contributed by atoms with E-state index >= 15 is 4.39 Å². The number of fused-ring (bicyclic) bond motifs is 1. The van der Waals surface area contributed by atoms with Gasteiger partial charge in [0.15, 0.2) is 0 Å². The van der Waals surface area contributed by atoms with Gasteiger partial charge in [-0.05, 0) is 61.1 Å². The molecule has 1 aromatic heterocycles. The fourth-order valence-electron chi connectivity index (χ4n) is 5.37. The van der Waals surface area contributed by atoms with E-state index in [1.807, 2.05) is 36.1 Å². The molecule has 2 amide bonds. The second kappa shape index (κ2) is 6.99. The third-order valence-electron chi connectivity index (χ3n) is 8.13. The summed E-state index contributed by atoms with van der Waals surface area (Å²) in [6.45, 7) is 3.79. The summed E-state index contributed by atoms with van der Waals surface area (Å²) in [4.78, 5) is 34.1. The molecule has 7 nitrogen and oxygen atoms in total. The quantitative estimate of drug-likeness (QED) is 0.615. The van der Waals surface area contributed by atoms with Gasteiger partial charge < -0.3 is 4.90 Å². The molecule has 1 spiro atoms. The Morgan fingerprint density at radius 3 is 2.57 bits per heavy atom. The lowest BCUT2D eigenvalue weighted by Crippen LogP contribution is -2.56. The number of hydrogen-bond acceptors (Lipinski definition) is 4. The lowest BCUT2D eigenvalue weighted by molar-refractivity contribution is -0.143. The third kappa shape index (κ3) is 3.22. The molecule has 4 aliphatic rings. The molecule has 0 atom stereocenters. The van der Waals surface area contributed by atoms with Crippen LogP contribution < -0.4 is 0 Å². The van der Waals surface area contributed by atoms with Gasteiger partial charge in [-0.2, -0.15) is 5.10 Å². The smallest absolute Gasteiger partial charge is 0.256 e. The number of aliphatic imine (C=N–C) groups is 1. The molecule has 7 rings (SSSR count). The number of carbonyl (C=O) groups is 2. The van der Waals surface area contributed by atoms with E-state index in [4.69, 9.17) is 4.99 Å². The minimum Gasteiger partial charge on any atom is -0.341 e. The van der Waals surface area contributed by atoms with Crippen LogP contribution in [0, 0.1) is 17.2 Å². The fourth-order valence-corrected chi connectivity index (χ4v) is 5.37. The number of nitrogens with one attached hydrogen (secondary N) is 1. The summed E-state index contributed by atoms with van der Waals surface area (Å²) < 4.78 is 15.5. The van der Waals surface area contributed by atoms with E-state index in [2.05, 4.69) is 10.2 Å². The molecule has 3 fully saturated rings. The maximum atomic E-state index is 15.5. The highest BCUT2D eigenvalue weighted by molar-refractivity contribution is 6.16. The van der Waals surface area contributed by atoms with Crippen molar-refractivity contribution in [1.29, 1.82) is 0 Å². The monoisotopic (exact) mass is 471 g/mol. The van der Waals surface area contributed by atoms with Crippen molar-refractivity contribution in [2.24, 2.45) is 16.3 Å². The van der Waals surface area contributed by atoms with Gasteiger partial charge in [0.05, 0.1) is 17.3 Å². The molecule has 178 valence electrons. The van der Waals surface area contributed by atoms with E-state index in [-0.39, 0.29) is 23.1 Å². The van der Waals surface area contributed by atoms with Gasteiger partial charge >= 0.3 is 0 Å². The zero-order chi connectivity index (χ0) is 23.9. The van der Waals surface area contributed by atoms with Crippen molar-refractivity contribution >= 4 is 28.6 Å². The standard InChI is InChI=1S/C27H26FN5O2/c1-26(6-7-26)24(34)32-13-16(14-32)15-33-23(30-27(8-9-27)25(33)35)20-4-2-18(11-21(20)28)17-3-5-22-19(10-17)12-29-31-22/h2-5,10-12,16H,6-9,13-15H2,1H3,(H,29,31). The van der Waals surface area contributed by atoms with Gasteiger partial charge in [-0.25, -0.2) is 4.39 Å². The molecule has 1 saturated heterocycles. The van der Waals surface area contributed by atoms with Crippen LogP contribution >= 0.6 is 0 Å². The summed E-state index contributed by atoms with van der Waals surface area (Å²) in [6, 6.07) is 11.0. The largest absolute Gasteiger partial charge is 0.341 e. The first-order valence-electron chi connectivity index (χ1n) is 12.3. The Morgan fingerprint density at radius 1 is 1.11 bits per heavy atom. The van der Waals surface area contributed by atoms with Crippen LogP contribution in [0.2, 0.25) is 0 Å². The average molecular weight is 472 g/mol. The second-order valence-electron chi connectivity index (χ2n) is 10.9. The van der Waals surface area contributed by atoms with E-state index in [9.17, 15) is 9.59 Å². The molecule has 2 aliphatic heterocycles. The number of aromatic amines is 1. The normalized spacial score (nSPS) is 22.0. The molecular formula is C27H26FN5O2. The van der Waals surface area contributed by atoms with Gasteiger partial charge in [0, 0.05) is 36.4 Å². The number of halogens is 1. The predicted molar refractivity (Wildman–Crippen MR) is 129 cm³/mol. The number of rotatable bonds is 5. The van der Waals surface area contributed by atoms with Crippen LogP contribution in [-0.2, 0) is 9.59 Å². The van der Waals surface area contributed by atoms with Gasteiger partial charge in [0.1, 0.15) is 17.2 Å². The Bertz CT molecular complexity index is 1430. The van der Waals surface area contributed by atoms with Crippen molar-refractivity contribution in [3.8, 4) is 11.1 Å². The van der Waals surface area contributed by atoms with Crippen molar-refractivity contribution in [2.45, 2.75) is 38.1 Å². The molecule has 2 aromatic carbocycles. The van der Waals surface area contributed by atoms with E-state index in [0.717, 1.165) is 34.9 Å². The first kappa shape index (κ1) is 20.8. The molecular weight excluding hydrogens is 445 g/mol. The summed E-state index contributed by atoms with van der Waals surface area (Å²) in [6.07, 6.45) is 5.09. The van der Waals surface area contributed by atoms with E-state index in [1.165, 1.54) is 6.07 Å². The van der Waals surface area contributed by atoms with Crippen LogP contribution in [0.5, 0.6) is 0 Å². The Morgan fingerprint density at radius 2 is 1.86 bits per heavy atom. The van der Waals surface area contributed by atoms with Crippen molar-refractivity contribution in [3.05, 3.63) is 54.0 Å². The minimum absolute atomic E-state index is 0.0275. The minimum atomic E-state index is -0.701. The Balaban J connectivity index is 1.13. The number of hydrogen-bond donors (Lipinski definition) is 1. The van der Waals surface area contributed by atoms with E-state index in [1.54, 1.807) is 17.2 Å². The molecule has 8 heteroatoms. The second-order valence-corrected chi connectivity index (χ2v) is 10.9. The van der Waals surface area contributed by atoms with Crippen LogP contribution in [0.3, 0.4) is 0 Å². The lowest BCUT2D eigenvalue weighted by atomic mass is 9.95. The highest BCUT2D eigenvalue weighted by Gasteiger charge is 2.58. The fraction of sp³-hybridized carbons (Fsp3) is 0.407. The first-order valence-corrected chi connectivity index (χ1v) is 12.3. The first-order chi connectivity index (χ1) is 16.9. The van der Waals surface area contributed by atoms with Crippen LogP contribution in [0.25, 0.3) is 22.0 Å². The number of amides is 2. The van der Waals surface area contributed by atoms with Crippen LogP contribution in [0.1, 0.15) is 38.2 Å². The number of H-pyrrole nitrogens is 1. The van der Waals surface area contributed by atoms with Crippen LogP contribution in [-0.4, -0.2) is 62.8 Å². The highest BCUT2D eigenvalue weighted by Crippen LogP contribution is 2.48. The van der Waals surface area contributed by atoms with Gasteiger partial charge in [-0.1, -0.05) is 19.1 Å². The summed E-state index contributed by atoms with van der Waals surface area (Å²) in [7, 11) is 0. The molecule has 2 saturated carbocycles. The van der Waals surface area contributed by atoms with Crippen molar-refractivity contribution in [1.82, 2.24) is 20.0 Å². The Hall–Kier alpha value is -3.55. The molecule has 35 heavy (non-hydrogen) atoms.